The van der Waals surface area contributed by atoms with Crippen molar-refractivity contribution < 1.29 is 13.2 Å². The quantitative estimate of drug-likeness (QED) is 0.578. The van der Waals surface area contributed by atoms with Crippen molar-refractivity contribution in [3.05, 3.63) is 45.9 Å². The topological polar surface area (TPSA) is 75.5 Å². The van der Waals surface area contributed by atoms with Crippen LogP contribution in [0.2, 0.25) is 5.02 Å². The standard InChI is InChI=1S/C21H23ClN4O3S2/c1-14-18-12-19(30-21(18)26(23-14)16-4-2-15(22)3-5-16)20(27)25-9-7-24(8-10-25)17-6-11-31(28,29)13-17/h2-5,12,17H,6-11,13H2,1H3. The van der Waals surface area contributed by atoms with Gasteiger partial charge in [0.15, 0.2) is 9.84 Å². The molecule has 2 saturated heterocycles. The molecule has 164 valence electrons. The molecule has 2 fully saturated rings. The van der Waals surface area contributed by atoms with E-state index in [1.807, 2.05) is 46.8 Å². The minimum Gasteiger partial charge on any atom is -0.335 e. The molecule has 2 aromatic heterocycles. The van der Waals surface area contributed by atoms with Crippen molar-refractivity contribution in [2.24, 2.45) is 0 Å². The lowest BCUT2D eigenvalue weighted by atomic mass is 10.2. The predicted octanol–water partition coefficient (Wildman–Crippen LogP) is 2.99. The number of benzene rings is 1. The summed E-state index contributed by atoms with van der Waals surface area (Å²) in [4.78, 5) is 18.9. The van der Waals surface area contributed by atoms with Gasteiger partial charge in [-0.2, -0.15) is 5.10 Å². The van der Waals surface area contributed by atoms with Gasteiger partial charge in [0.2, 0.25) is 0 Å². The van der Waals surface area contributed by atoms with Crippen LogP contribution in [0.1, 0.15) is 21.8 Å². The van der Waals surface area contributed by atoms with E-state index in [4.69, 9.17) is 11.6 Å². The number of hydrogen-bond acceptors (Lipinski definition) is 6. The molecule has 10 heteroatoms. The fourth-order valence-corrected chi connectivity index (χ4v) is 7.46. The lowest BCUT2D eigenvalue weighted by Crippen LogP contribution is -2.52. The van der Waals surface area contributed by atoms with Gasteiger partial charge in [-0.15, -0.1) is 11.3 Å². The molecular weight excluding hydrogens is 456 g/mol. The number of sulfone groups is 1. The summed E-state index contributed by atoms with van der Waals surface area (Å²) in [5.74, 6) is 0.558. The summed E-state index contributed by atoms with van der Waals surface area (Å²) in [6.07, 6.45) is 0.701. The summed E-state index contributed by atoms with van der Waals surface area (Å²) in [7, 11) is -2.90. The van der Waals surface area contributed by atoms with Gasteiger partial charge in [-0.3, -0.25) is 9.69 Å². The van der Waals surface area contributed by atoms with E-state index in [9.17, 15) is 13.2 Å². The number of thiophene rings is 1. The maximum Gasteiger partial charge on any atom is 0.264 e. The highest BCUT2D eigenvalue weighted by Gasteiger charge is 2.34. The molecule has 1 amide bonds. The Morgan fingerprint density at radius 2 is 1.87 bits per heavy atom. The van der Waals surface area contributed by atoms with E-state index in [0.717, 1.165) is 21.6 Å². The van der Waals surface area contributed by atoms with E-state index in [2.05, 4.69) is 10.00 Å². The smallest absolute Gasteiger partial charge is 0.264 e. The lowest BCUT2D eigenvalue weighted by molar-refractivity contribution is 0.0592. The van der Waals surface area contributed by atoms with Crippen molar-refractivity contribution in [2.75, 3.05) is 37.7 Å². The van der Waals surface area contributed by atoms with Gasteiger partial charge in [0.25, 0.3) is 5.91 Å². The Kier molecular flexibility index (Phi) is 5.32. The summed E-state index contributed by atoms with van der Waals surface area (Å²) < 4.78 is 25.4. The van der Waals surface area contributed by atoms with Gasteiger partial charge in [-0.1, -0.05) is 11.6 Å². The first kappa shape index (κ1) is 20.9. The summed E-state index contributed by atoms with van der Waals surface area (Å²) in [5, 5.41) is 6.28. The zero-order valence-corrected chi connectivity index (χ0v) is 19.5. The third kappa shape index (κ3) is 4.00. The van der Waals surface area contributed by atoms with Crippen LogP contribution >= 0.6 is 22.9 Å². The Hall–Kier alpha value is -1.94. The van der Waals surface area contributed by atoms with E-state index in [0.29, 0.717) is 42.5 Å². The predicted molar refractivity (Wildman–Crippen MR) is 123 cm³/mol. The highest BCUT2D eigenvalue weighted by molar-refractivity contribution is 7.91. The average molecular weight is 479 g/mol. The van der Waals surface area contributed by atoms with Crippen molar-refractivity contribution in [2.45, 2.75) is 19.4 Å². The number of amides is 1. The van der Waals surface area contributed by atoms with Crippen LogP contribution in [-0.2, 0) is 9.84 Å². The van der Waals surface area contributed by atoms with Crippen molar-refractivity contribution >= 4 is 48.9 Å². The van der Waals surface area contributed by atoms with Crippen LogP contribution in [0.15, 0.2) is 30.3 Å². The van der Waals surface area contributed by atoms with Gasteiger partial charge in [0.05, 0.1) is 27.8 Å². The number of rotatable bonds is 3. The molecule has 3 aromatic rings. The van der Waals surface area contributed by atoms with Crippen LogP contribution in [0, 0.1) is 6.92 Å². The van der Waals surface area contributed by atoms with E-state index in [-0.39, 0.29) is 23.5 Å². The summed E-state index contributed by atoms with van der Waals surface area (Å²) in [6, 6.07) is 9.52. The maximum atomic E-state index is 13.2. The van der Waals surface area contributed by atoms with Crippen molar-refractivity contribution in [3.63, 3.8) is 0 Å². The molecule has 0 bridgehead atoms. The largest absolute Gasteiger partial charge is 0.335 e. The number of carbonyl (C=O) groups is 1. The second-order valence-electron chi connectivity index (χ2n) is 8.19. The molecule has 2 aliphatic heterocycles. The van der Waals surface area contributed by atoms with Gasteiger partial charge < -0.3 is 4.90 Å². The molecule has 7 nitrogen and oxygen atoms in total. The van der Waals surface area contributed by atoms with Crippen LogP contribution in [0.3, 0.4) is 0 Å². The number of aromatic nitrogens is 2. The van der Waals surface area contributed by atoms with Crippen LogP contribution in [-0.4, -0.2) is 77.6 Å². The van der Waals surface area contributed by atoms with Crippen molar-refractivity contribution in [1.82, 2.24) is 19.6 Å². The molecule has 2 aliphatic rings. The van der Waals surface area contributed by atoms with Crippen LogP contribution in [0.5, 0.6) is 0 Å². The van der Waals surface area contributed by atoms with Crippen LogP contribution in [0.25, 0.3) is 15.9 Å². The zero-order chi connectivity index (χ0) is 21.8. The van der Waals surface area contributed by atoms with Gasteiger partial charge >= 0.3 is 0 Å². The Bertz CT molecular complexity index is 1240. The SMILES string of the molecule is Cc1nn(-c2ccc(Cl)cc2)c2sc(C(=O)N3CCN(C4CCS(=O)(=O)C4)CC3)cc12. The maximum absolute atomic E-state index is 13.2. The van der Waals surface area contributed by atoms with Gasteiger partial charge in [-0.05, 0) is 43.7 Å². The van der Waals surface area contributed by atoms with Gasteiger partial charge in [0.1, 0.15) is 4.83 Å². The van der Waals surface area contributed by atoms with Gasteiger partial charge in [-0.25, -0.2) is 13.1 Å². The van der Waals surface area contributed by atoms with E-state index < -0.39 is 9.84 Å². The second kappa shape index (κ2) is 7.88. The highest BCUT2D eigenvalue weighted by Crippen LogP contribution is 2.32. The van der Waals surface area contributed by atoms with Gasteiger partial charge in [0, 0.05) is 42.6 Å². The number of hydrogen-bond donors (Lipinski definition) is 0. The number of halogens is 1. The number of piperazine rings is 1. The summed E-state index contributed by atoms with van der Waals surface area (Å²) >= 11 is 7.46. The molecular formula is C21H23ClN4O3S2. The lowest BCUT2D eigenvalue weighted by Gasteiger charge is -2.37. The number of nitrogens with zero attached hydrogens (tertiary/aromatic N) is 4. The fourth-order valence-electron chi connectivity index (χ4n) is 4.42. The minimum absolute atomic E-state index is 0.0296. The van der Waals surface area contributed by atoms with Crippen LogP contribution < -0.4 is 0 Å². The highest BCUT2D eigenvalue weighted by atomic mass is 35.5. The Morgan fingerprint density at radius 3 is 2.52 bits per heavy atom. The number of fused-ring (bicyclic) bond motifs is 1. The minimum atomic E-state index is -2.90. The summed E-state index contributed by atoms with van der Waals surface area (Å²) in [5.41, 5.74) is 1.79. The molecule has 1 aromatic carbocycles. The van der Waals surface area contributed by atoms with Crippen LogP contribution in [0.4, 0.5) is 0 Å². The molecule has 1 atom stereocenters. The third-order valence-electron chi connectivity index (χ3n) is 6.15. The van der Waals surface area contributed by atoms with E-state index >= 15 is 0 Å². The first-order valence-electron chi connectivity index (χ1n) is 10.3. The Balaban J connectivity index is 1.33. The normalized spacial score (nSPS) is 21.7. The molecule has 0 spiro atoms. The Morgan fingerprint density at radius 1 is 1.16 bits per heavy atom. The first-order valence-corrected chi connectivity index (χ1v) is 13.3. The van der Waals surface area contributed by atoms with Crippen molar-refractivity contribution in [1.29, 1.82) is 0 Å². The Labute approximate surface area is 190 Å². The molecule has 0 aliphatic carbocycles. The monoisotopic (exact) mass is 478 g/mol. The average Bonchev–Trinajstić information content (AvgIpc) is 3.43. The molecule has 0 radical (unpaired) electrons. The van der Waals surface area contributed by atoms with Crippen molar-refractivity contribution in [3.8, 4) is 5.69 Å². The fraction of sp³-hybridized carbons (Fsp3) is 0.429. The third-order valence-corrected chi connectivity index (χ3v) is 9.25. The van der Waals surface area contributed by atoms with E-state index in [1.165, 1.54) is 11.3 Å². The molecule has 0 N–H and O–H groups in total. The van der Waals surface area contributed by atoms with E-state index in [1.54, 1.807) is 0 Å². The second-order valence-corrected chi connectivity index (χ2v) is 11.9. The first-order chi connectivity index (χ1) is 14.8. The molecule has 5 rings (SSSR count). The number of carbonyl (C=O) groups excluding carboxylic acids is 1. The zero-order valence-electron chi connectivity index (χ0n) is 17.1. The molecule has 4 heterocycles. The molecule has 1 unspecified atom stereocenters. The molecule has 31 heavy (non-hydrogen) atoms. The summed E-state index contributed by atoms with van der Waals surface area (Å²) in [6.45, 7) is 4.62. The number of aryl methyl sites for hydroxylation is 1. The molecule has 0 saturated carbocycles.